The summed E-state index contributed by atoms with van der Waals surface area (Å²) in [5, 5.41) is 0. The number of piperidine rings is 1. The van der Waals surface area contributed by atoms with Gasteiger partial charge in [-0.1, -0.05) is 15.9 Å². The molecular formula is C20H30BrN3O2. The van der Waals surface area contributed by atoms with E-state index in [1.165, 1.54) is 5.69 Å². The Morgan fingerprint density at radius 3 is 2.12 bits per heavy atom. The van der Waals surface area contributed by atoms with Gasteiger partial charge in [0, 0.05) is 55.5 Å². The highest BCUT2D eigenvalue weighted by Crippen LogP contribution is 2.23. The minimum Gasteiger partial charge on any atom is -0.444 e. The first-order valence-corrected chi connectivity index (χ1v) is 10.3. The van der Waals surface area contributed by atoms with Gasteiger partial charge in [-0.15, -0.1) is 0 Å². The van der Waals surface area contributed by atoms with E-state index in [2.05, 4.69) is 50.0 Å². The van der Waals surface area contributed by atoms with Crippen LogP contribution in [-0.2, 0) is 4.74 Å². The molecule has 0 radical (unpaired) electrons. The highest BCUT2D eigenvalue weighted by Gasteiger charge is 2.30. The van der Waals surface area contributed by atoms with Crippen LogP contribution in [0.25, 0.3) is 0 Å². The van der Waals surface area contributed by atoms with Gasteiger partial charge in [0.1, 0.15) is 5.60 Å². The van der Waals surface area contributed by atoms with Gasteiger partial charge in [0.2, 0.25) is 0 Å². The van der Waals surface area contributed by atoms with Crippen molar-refractivity contribution in [1.82, 2.24) is 9.80 Å². The average Bonchev–Trinajstić information content (AvgIpc) is 2.61. The lowest BCUT2D eigenvalue weighted by Gasteiger charge is -2.43. The van der Waals surface area contributed by atoms with Crippen molar-refractivity contribution in [2.24, 2.45) is 0 Å². The van der Waals surface area contributed by atoms with Crippen molar-refractivity contribution < 1.29 is 9.53 Å². The van der Waals surface area contributed by atoms with Gasteiger partial charge in [-0.3, -0.25) is 4.90 Å². The van der Waals surface area contributed by atoms with Gasteiger partial charge in [-0.25, -0.2) is 4.79 Å². The van der Waals surface area contributed by atoms with E-state index in [-0.39, 0.29) is 6.09 Å². The zero-order chi connectivity index (χ0) is 18.7. The van der Waals surface area contributed by atoms with Crippen LogP contribution in [0, 0.1) is 0 Å². The summed E-state index contributed by atoms with van der Waals surface area (Å²) in [6.07, 6.45) is 1.91. The van der Waals surface area contributed by atoms with Gasteiger partial charge in [-0.2, -0.15) is 0 Å². The van der Waals surface area contributed by atoms with Gasteiger partial charge in [-0.05, 0) is 57.9 Å². The molecule has 144 valence electrons. The number of piperazine rings is 1. The Balaban J connectivity index is 1.45. The van der Waals surface area contributed by atoms with Crippen LogP contribution >= 0.6 is 15.9 Å². The number of ether oxygens (including phenoxy) is 1. The van der Waals surface area contributed by atoms with Crippen LogP contribution < -0.4 is 4.90 Å². The Morgan fingerprint density at radius 2 is 1.58 bits per heavy atom. The summed E-state index contributed by atoms with van der Waals surface area (Å²) < 4.78 is 6.61. The second-order valence-electron chi connectivity index (χ2n) is 8.20. The highest BCUT2D eigenvalue weighted by atomic mass is 79.9. The van der Waals surface area contributed by atoms with Gasteiger partial charge >= 0.3 is 6.09 Å². The Bertz CT molecular complexity index is 598. The average molecular weight is 424 g/mol. The number of carbonyl (C=O) groups excluding carboxylic acids is 1. The first-order chi connectivity index (χ1) is 12.3. The summed E-state index contributed by atoms with van der Waals surface area (Å²) in [6, 6.07) is 9.15. The fourth-order valence-corrected chi connectivity index (χ4v) is 4.00. The van der Waals surface area contributed by atoms with E-state index < -0.39 is 5.60 Å². The molecule has 2 aliphatic heterocycles. The number of likely N-dealkylation sites (tertiary alicyclic amines) is 1. The molecule has 0 N–H and O–H groups in total. The zero-order valence-electron chi connectivity index (χ0n) is 16.1. The van der Waals surface area contributed by atoms with Crippen LogP contribution in [0.5, 0.6) is 0 Å². The molecule has 2 heterocycles. The van der Waals surface area contributed by atoms with Gasteiger partial charge < -0.3 is 14.5 Å². The first kappa shape index (κ1) is 19.5. The number of hydrogen-bond acceptors (Lipinski definition) is 4. The number of anilines is 1. The third-order valence-corrected chi connectivity index (χ3v) is 5.67. The van der Waals surface area contributed by atoms with Crippen molar-refractivity contribution in [2.45, 2.75) is 45.3 Å². The van der Waals surface area contributed by atoms with Crippen LogP contribution in [0.1, 0.15) is 33.6 Å². The highest BCUT2D eigenvalue weighted by molar-refractivity contribution is 9.10. The second kappa shape index (κ2) is 8.17. The van der Waals surface area contributed by atoms with Crippen LogP contribution in [0.3, 0.4) is 0 Å². The molecule has 1 aromatic rings. The molecule has 0 bridgehead atoms. The van der Waals surface area contributed by atoms with E-state index in [1.807, 2.05) is 25.7 Å². The van der Waals surface area contributed by atoms with E-state index in [0.29, 0.717) is 6.04 Å². The van der Waals surface area contributed by atoms with E-state index >= 15 is 0 Å². The van der Waals surface area contributed by atoms with Crippen LogP contribution in [0.2, 0.25) is 0 Å². The van der Waals surface area contributed by atoms with Crippen LogP contribution in [0.15, 0.2) is 28.7 Å². The molecule has 6 heteroatoms. The summed E-state index contributed by atoms with van der Waals surface area (Å²) in [4.78, 5) is 19.1. The maximum absolute atomic E-state index is 12.2. The SMILES string of the molecule is CC(C)(C)OC(=O)N1CCC(N2CCN(c3ccc(Br)cc3)CC2)CC1. The molecule has 26 heavy (non-hydrogen) atoms. The molecule has 3 rings (SSSR count). The summed E-state index contributed by atoms with van der Waals surface area (Å²) in [5.41, 5.74) is 0.879. The molecule has 2 aliphatic rings. The lowest BCUT2D eigenvalue weighted by atomic mass is 10.0. The number of halogens is 1. The van der Waals surface area contributed by atoms with Crippen molar-refractivity contribution in [3.05, 3.63) is 28.7 Å². The van der Waals surface area contributed by atoms with Crippen molar-refractivity contribution in [3.8, 4) is 0 Å². The summed E-state index contributed by atoms with van der Waals surface area (Å²) >= 11 is 3.50. The van der Waals surface area contributed by atoms with Gasteiger partial charge in [0.25, 0.3) is 0 Å². The van der Waals surface area contributed by atoms with Crippen LogP contribution in [0.4, 0.5) is 10.5 Å². The molecule has 2 fully saturated rings. The Morgan fingerprint density at radius 1 is 1.00 bits per heavy atom. The van der Waals surface area contributed by atoms with Crippen LogP contribution in [-0.4, -0.2) is 66.8 Å². The number of rotatable bonds is 2. The van der Waals surface area contributed by atoms with Crippen molar-refractivity contribution in [2.75, 3.05) is 44.2 Å². The predicted molar refractivity (Wildman–Crippen MR) is 109 cm³/mol. The number of amides is 1. The molecule has 1 amide bonds. The second-order valence-corrected chi connectivity index (χ2v) is 9.11. The first-order valence-electron chi connectivity index (χ1n) is 9.54. The molecule has 0 aromatic heterocycles. The lowest BCUT2D eigenvalue weighted by molar-refractivity contribution is 0.0140. The standard InChI is InChI=1S/C20H30BrN3O2/c1-20(2,3)26-19(25)24-10-8-18(9-11-24)23-14-12-22(13-15-23)17-6-4-16(21)5-7-17/h4-7,18H,8-15H2,1-3H3. The van der Waals surface area contributed by atoms with Crippen molar-refractivity contribution in [1.29, 1.82) is 0 Å². The minimum absolute atomic E-state index is 0.170. The fourth-order valence-electron chi connectivity index (χ4n) is 3.74. The molecule has 0 aliphatic carbocycles. The zero-order valence-corrected chi connectivity index (χ0v) is 17.7. The van der Waals surface area contributed by atoms with Gasteiger partial charge in [0.05, 0.1) is 0 Å². The lowest BCUT2D eigenvalue weighted by Crippen LogP contribution is -2.54. The number of hydrogen-bond donors (Lipinski definition) is 0. The molecule has 0 unspecified atom stereocenters. The number of benzene rings is 1. The topological polar surface area (TPSA) is 36.0 Å². The molecule has 5 nitrogen and oxygen atoms in total. The fraction of sp³-hybridized carbons (Fsp3) is 0.650. The third kappa shape index (κ3) is 5.13. The Hall–Kier alpha value is -1.27. The molecule has 0 saturated carbocycles. The Labute approximate surface area is 165 Å². The predicted octanol–water partition coefficient (Wildman–Crippen LogP) is 3.97. The van der Waals surface area contributed by atoms with Crippen molar-refractivity contribution in [3.63, 3.8) is 0 Å². The smallest absolute Gasteiger partial charge is 0.410 e. The van der Waals surface area contributed by atoms with Gasteiger partial charge in [0.15, 0.2) is 0 Å². The quantitative estimate of drug-likeness (QED) is 0.720. The maximum Gasteiger partial charge on any atom is 0.410 e. The summed E-state index contributed by atoms with van der Waals surface area (Å²) in [6.45, 7) is 11.7. The normalized spacial score (nSPS) is 20.3. The minimum atomic E-state index is -0.419. The molecule has 0 atom stereocenters. The van der Waals surface area contributed by atoms with E-state index in [4.69, 9.17) is 4.74 Å². The third-order valence-electron chi connectivity index (χ3n) is 5.14. The van der Waals surface area contributed by atoms with E-state index in [9.17, 15) is 4.79 Å². The molecular weight excluding hydrogens is 394 g/mol. The molecule has 2 saturated heterocycles. The largest absolute Gasteiger partial charge is 0.444 e. The number of carbonyl (C=O) groups is 1. The summed E-state index contributed by atoms with van der Waals surface area (Å²) in [5.74, 6) is 0. The van der Waals surface area contributed by atoms with Crippen molar-refractivity contribution >= 4 is 27.7 Å². The summed E-state index contributed by atoms with van der Waals surface area (Å²) in [7, 11) is 0. The van der Waals surface area contributed by atoms with E-state index in [0.717, 1.165) is 56.6 Å². The Kier molecular flexibility index (Phi) is 6.13. The number of nitrogens with zero attached hydrogens (tertiary/aromatic N) is 3. The van der Waals surface area contributed by atoms with E-state index in [1.54, 1.807) is 0 Å². The maximum atomic E-state index is 12.2. The monoisotopic (exact) mass is 423 g/mol. The molecule has 0 spiro atoms. The molecule has 1 aromatic carbocycles.